The number of hydrogen-bond donors (Lipinski definition) is 0. The van der Waals surface area contributed by atoms with Gasteiger partial charge in [-0.3, -0.25) is 14.2 Å². The summed E-state index contributed by atoms with van der Waals surface area (Å²) in [6.07, 6.45) is 4.01. The number of ketones is 1. The Bertz CT molecular complexity index is 1140. The average molecular weight is 411 g/mol. The Balaban J connectivity index is 1.63. The van der Waals surface area contributed by atoms with Gasteiger partial charge in [-0.2, -0.15) is 0 Å². The molecule has 0 aliphatic heterocycles. The minimum Gasteiger partial charge on any atom is -0.345 e. The van der Waals surface area contributed by atoms with Gasteiger partial charge in [0.1, 0.15) is 0 Å². The van der Waals surface area contributed by atoms with Crippen LogP contribution in [0, 0.1) is 19.8 Å². The van der Waals surface area contributed by atoms with Crippen molar-refractivity contribution in [2.75, 3.05) is 5.75 Å². The summed E-state index contributed by atoms with van der Waals surface area (Å²) in [6.45, 7) is 8.77. The lowest BCUT2D eigenvalue weighted by atomic mass is 10.2. The summed E-state index contributed by atoms with van der Waals surface area (Å²) < 4.78 is 3.96. The molecule has 0 amide bonds. The van der Waals surface area contributed by atoms with Crippen molar-refractivity contribution in [2.24, 2.45) is 5.92 Å². The van der Waals surface area contributed by atoms with Crippen molar-refractivity contribution in [2.45, 2.75) is 58.3 Å². The number of carbonyl (C=O) groups excluding carboxylic acids is 1. The molecule has 3 heterocycles. The minimum atomic E-state index is -0.0985. The fourth-order valence-electron chi connectivity index (χ4n) is 3.83. The Labute approximate surface area is 174 Å². The van der Waals surface area contributed by atoms with Crippen LogP contribution >= 0.6 is 11.8 Å². The Morgan fingerprint density at radius 2 is 2.07 bits per heavy atom. The first-order valence-corrected chi connectivity index (χ1v) is 11.1. The van der Waals surface area contributed by atoms with Crippen LogP contribution in [0.4, 0.5) is 0 Å². The predicted octanol–water partition coefficient (Wildman–Crippen LogP) is 4.18. The molecule has 1 aliphatic rings. The topological polar surface area (TPSA) is 69.8 Å². The van der Waals surface area contributed by atoms with Crippen LogP contribution in [-0.2, 0) is 6.54 Å². The fourth-order valence-corrected chi connectivity index (χ4v) is 4.71. The van der Waals surface area contributed by atoms with Gasteiger partial charge >= 0.3 is 0 Å². The summed E-state index contributed by atoms with van der Waals surface area (Å²) in [5.41, 5.74) is 3.29. The molecule has 0 N–H and O–H groups in total. The van der Waals surface area contributed by atoms with Crippen molar-refractivity contribution in [3.05, 3.63) is 51.7 Å². The number of aromatic nitrogens is 4. The highest BCUT2D eigenvalue weighted by Gasteiger charge is 2.28. The lowest BCUT2D eigenvalue weighted by Crippen LogP contribution is -2.26. The van der Waals surface area contributed by atoms with E-state index in [4.69, 9.17) is 0 Å². The maximum Gasteiger partial charge on any atom is 0.263 e. The number of carbonyl (C=O) groups is 1. The maximum atomic E-state index is 13.0. The van der Waals surface area contributed by atoms with Gasteiger partial charge in [0, 0.05) is 35.7 Å². The summed E-state index contributed by atoms with van der Waals surface area (Å²) in [5, 5.41) is 1.07. The van der Waals surface area contributed by atoms with Crippen LogP contribution in [0.15, 0.2) is 34.3 Å². The van der Waals surface area contributed by atoms with E-state index in [1.54, 1.807) is 22.9 Å². The van der Waals surface area contributed by atoms with Crippen molar-refractivity contribution < 1.29 is 4.79 Å². The molecule has 0 saturated heterocycles. The third-order valence-corrected chi connectivity index (χ3v) is 6.25. The fraction of sp³-hybridized carbons (Fsp3) is 0.455. The molecular weight excluding hydrogens is 384 g/mol. The largest absolute Gasteiger partial charge is 0.345 e. The summed E-state index contributed by atoms with van der Waals surface area (Å²) >= 11 is 1.32. The van der Waals surface area contributed by atoms with E-state index < -0.39 is 0 Å². The van der Waals surface area contributed by atoms with E-state index in [2.05, 4.69) is 35.3 Å². The minimum absolute atomic E-state index is 0.0708. The lowest BCUT2D eigenvalue weighted by Gasteiger charge is -2.14. The van der Waals surface area contributed by atoms with E-state index in [1.165, 1.54) is 24.6 Å². The van der Waals surface area contributed by atoms with Gasteiger partial charge in [0.05, 0.1) is 11.1 Å². The zero-order chi connectivity index (χ0) is 20.7. The van der Waals surface area contributed by atoms with Gasteiger partial charge in [-0.1, -0.05) is 25.6 Å². The number of Topliss-reactive ketones (excluding diaryl/α,β-unsaturated/α-hetero) is 1. The molecule has 3 aromatic rings. The number of aryl methyl sites for hydroxylation is 1. The third kappa shape index (κ3) is 3.88. The van der Waals surface area contributed by atoms with Crippen LogP contribution in [0.5, 0.6) is 0 Å². The molecule has 0 bridgehead atoms. The van der Waals surface area contributed by atoms with Gasteiger partial charge in [-0.25, -0.2) is 9.97 Å². The molecule has 1 fully saturated rings. The van der Waals surface area contributed by atoms with Crippen LogP contribution in [0.3, 0.4) is 0 Å². The quantitative estimate of drug-likeness (QED) is 0.332. The summed E-state index contributed by atoms with van der Waals surface area (Å²) in [7, 11) is 0. The summed E-state index contributed by atoms with van der Waals surface area (Å²) in [5.74, 6) is 0.607. The Morgan fingerprint density at radius 3 is 2.76 bits per heavy atom. The van der Waals surface area contributed by atoms with Crippen LogP contribution < -0.4 is 5.56 Å². The Hall–Kier alpha value is -2.41. The lowest BCUT2D eigenvalue weighted by molar-refractivity contribution is 0.102. The monoisotopic (exact) mass is 410 g/mol. The summed E-state index contributed by atoms with van der Waals surface area (Å²) in [6, 6.07) is 6.04. The van der Waals surface area contributed by atoms with E-state index in [9.17, 15) is 9.59 Å². The SMILES string of the molecule is Cc1cc(C(=O)CSc2nc3ncccc3c(=O)n2CC(C)C)c(C)n1C1CC1. The first kappa shape index (κ1) is 19.9. The molecule has 0 atom stereocenters. The van der Waals surface area contributed by atoms with Crippen LogP contribution in [0.25, 0.3) is 11.0 Å². The molecule has 0 unspecified atom stereocenters. The predicted molar refractivity (Wildman–Crippen MR) is 116 cm³/mol. The molecule has 4 rings (SSSR count). The number of hydrogen-bond acceptors (Lipinski definition) is 5. The van der Waals surface area contributed by atoms with Gasteiger partial charge in [0.25, 0.3) is 5.56 Å². The summed E-state index contributed by atoms with van der Waals surface area (Å²) in [4.78, 5) is 34.8. The van der Waals surface area contributed by atoms with Gasteiger partial charge < -0.3 is 4.57 Å². The van der Waals surface area contributed by atoms with Crippen molar-refractivity contribution in [1.29, 1.82) is 0 Å². The highest BCUT2D eigenvalue weighted by atomic mass is 32.2. The molecule has 0 spiro atoms. The van der Waals surface area contributed by atoms with Gasteiger partial charge in [0.15, 0.2) is 16.6 Å². The molecule has 3 aromatic heterocycles. The molecule has 1 aliphatic carbocycles. The van der Waals surface area contributed by atoms with Crippen molar-refractivity contribution in [3.63, 3.8) is 0 Å². The molecule has 6 nitrogen and oxygen atoms in total. The second kappa shape index (κ2) is 7.78. The normalized spacial score (nSPS) is 14.1. The maximum absolute atomic E-state index is 13.0. The molecule has 1 saturated carbocycles. The molecule has 0 aromatic carbocycles. The molecule has 0 radical (unpaired) electrons. The van der Waals surface area contributed by atoms with Gasteiger partial charge in [0.2, 0.25) is 0 Å². The Kier molecular flexibility index (Phi) is 5.34. The van der Waals surface area contributed by atoms with E-state index in [0.29, 0.717) is 28.8 Å². The van der Waals surface area contributed by atoms with Crippen LogP contribution in [0.2, 0.25) is 0 Å². The zero-order valence-electron chi connectivity index (χ0n) is 17.3. The number of fused-ring (bicyclic) bond motifs is 1. The number of rotatable bonds is 7. The first-order valence-electron chi connectivity index (χ1n) is 10.1. The Morgan fingerprint density at radius 1 is 1.31 bits per heavy atom. The highest BCUT2D eigenvalue weighted by Crippen LogP contribution is 2.38. The van der Waals surface area contributed by atoms with Crippen molar-refractivity contribution in [3.8, 4) is 0 Å². The van der Waals surface area contributed by atoms with Crippen LogP contribution in [0.1, 0.15) is 54.5 Å². The second-order valence-corrected chi connectivity index (χ2v) is 9.12. The van der Waals surface area contributed by atoms with Gasteiger partial charge in [-0.05, 0) is 50.8 Å². The van der Waals surface area contributed by atoms with Crippen LogP contribution in [-0.4, -0.2) is 30.6 Å². The van der Waals surface area contributed by atoms with E-state index in [0.717, 1.165) is 17.0 Å². The van der Waals surface area contributed by atoms with E-state index in [-0.39, 0.29) is 23.0 Å². The number of pyridine rings is 1. The molecule has 7 heteroatoms. The van der Waals surface area contributed by atoms with Crippen molar-refractivity contribution in [1.82, 2.24) is 19.1 Å². The standard InChI is InChI=1S/C22H26N4O2S/c1-13(2)11-25-21(28)17-6-5-9-23-20(17)24-22(25)29-12-19(27)18-10-14(3)26(15(18)4)16-7-8-16/h5-6,9-10,13,16H,7-8,11-12H2,1-4H3. The molecule has 29 heavy (non-hydrogen) atoms. The molecular formula is C22H26N4O2S. The third-order valence-electron chi connectivity index (χ3n) is 5.27. The second-order valence-electron chi connectivity index (χ2n) is 8.18. The average Bonchev–Trinajstić information content (AvgIpc) is 3.47. The smallest absolute Gasteiger partial charge is 0.263 e. The number of nitrogens with zero attached hydrogens (tertiary/aromatic N) is 4. The van der Waals surface area contributed by atoms with Crippen molar-refractivity contribution >= 4 is 28.6 Å². The highest BCUT2D eigenvalue weighted by molar-refractivity contribution is 7.99. The van der Waals surface area contributed by atoms with Gasteiger partial charge in [-0.15, -0.1) is 0 Å². The zero-order valence-corrected chi connectivity index (χ0v) is 18.1. The van der Waals surface area contributed by atoms with E-state index >= 15 is 0 Å². The molecule has 152 valence electrons. The van der Waals surface area contributed by atoms with E-state index in [1.807, 2.05) is 13.0 Å². The number of thioether (sulfide) groups is 1. The first-order chi connectivity index (χ1) is 13.9.